The van der Waals surface area contributed by atoms with Crippen LogP contribution in [0.3, 0.4) is 0 Å². The number of phenolic OH excluding ortho intramolecular Hbond substituents is 1. The van der Waals surface area contributed by atoms with Gasteiger partial charge in [-0.2, -0.15) is 0 Å². The van der Waals surface area contributed by atoms with Crippen LogP contribution in [-0.2, 0) is 0 Å². The molecule has 0 fully saturated rings. The van der Waals surface area contributed by atoms with Gasteiger partial charge in [0.15, 0.2) is 5.75 Å². The van der Waals surface area contributed by atoms with E-state index in [1.807, 2.05) is 6.07 Å². The standard InChI is InChI=1S/C11H5Br2NO2/c12-8-9(13)11(16-5-14)7-4-2-1-3-6(7)10(8)15/h1-4,15H. The van der Waals surface area contributed by atoms with Crippen molar-refractivity contribution in [2.45, 2.75) is 0 Å². The summed E-state index contributed by atoms with van der Waals surface area (Å²) in [6, 6.07) is 7.15. The van der Waals surface area contributed by atoms with Crippen LogP contribution in [0.25, 0.3) is 10.8 Å². The van der Waals surface area contributed by atoms with Gasteiger partial charge >= 0.3 is 0 Å². The number of nitrogens with zero attached hydrogens (tertiary/aromatic N) is 1. The van der Waals surface area contributed by atoms with Crippen molar-refractivity contribution in [1.82, 2.24) is 0 Å². The lowest BCUT2D eigenvalue weighted by molar-refractivity contribution is 0.473. The van der Waals surface area contributed by atoms with Crippen LogP contribution in [0.1, 0.15) is 0 Å². The first-order valence-corrected chi connectivity index (χ1v) is 5.90. The number of aromatic hydroxyl groups is 1. The number of ether oxygens (including phenoxy) is 1. The molecule has 16 heavy (non-hydrogen) atoms. The SMILES string of the molecule is N#COc1c(Br)c(Br)c(O)c2ccccc12. The Hall–Kier alpha value is -1.25. The summed E-state index contributed by atoms with van der Waals surface area (Å²) in [7, 11) is 0. The summed E-state index contributed by atoms with van der Waals surface area (Å²) in [5.41, 5.74) is 0. The summed E-state index contributed by atoms with van der Waals surface area (Å²) in [5, 5.41) is 19.8. The lowest BCUT2D eigenvalue weighted by atomic mass is 10.1. The maximum atomic E-state index is 9.92. The molecule has 0 spiro atoms. The number of nitriles is 1. The van der Waals surface area contributed by atoms with Crippen LogP contribution in [0.2, 0.25) is 0 Å². The van der Waals surface area contributed by atoms with Crippen LogP contribution in [0.15, 0.2) is 33.2 Å². The third-order valence-corrected chi connectivity index (χ3v) is 4.24. The third kappa shape index (κ3) is 1.64. The highest BCUT2D eigenvalue weighted by molar-refractivity contribution is 9.13. The number of fused-ring (bicyclic) bond motifs is 1. The first kappa shape index (κ1) is 11.2. The molecule has 0 aliphatic carbocycles. The summed E-state index contributed by atoms with van der Waals surface area (Å²) in [6.07, 6.45) is 1.63. The summed E-state index contributed by atoms with van der Waals surface area (Å²) in [6.45, 7) is 0. The molecule has 80 valence electrons. The van der Waals surface area contributed by atoms with E-state index in [0.29, 0.717) is 25.5 Å². The van der Waals surface area contributed by atoms with Gasteiger partial charge in [0, 0.05) is 10.8 Å². The fourth-order valence-electron chi connectivity index (χ4n) is 1.47. The van der Waals surface area contributed by atoms with Crippen molar-refractivity contribution in [3.63, 3.8) is 0 Å². The second-order valence-corrected chi connectivity index (χ2v) is 4.63. The fourth-order valence-corrected chi connectivity index (χ4v) is 2.35. The Labute approximate surface area is 109 Å². The molecule has 0 aliphatic heterocycles. The Bertz CT molecular complexity index is 605. The Balaban J connectivity index is 2.93. The van der Waals surface area contributed by atoms with Gasteiger partial charge in [-0.3, -0.25) is 0 Å². The van der Waals surface area contributed by atoms with Crippen LogP contribution in [0.4, 0.5) is 0 Å². The molecule has 0 radical (unpaired) electrons. The molecule has 0 amide bonds. The van der Waals surface area contributed by atoms with Crippen molar-refractivity contribution in [2.75, 3.05) is 0 Å². The van der Waals surface area contributed by atoms with E-state index < -0.39 is 0 Å². The van der Waals surface area contributed by atoms with Crippen molar-refractivity contribution in [3.8, 4) is 17.8 Å². The molecule has 5 heteroatoms. The lowest BCUT2D eigenvalue weighted by Crippen LogP contribution is -1.88. The minimum absolute atomic E-state index is 0.118. The molecule has 2 aromatic carbocycles. The van der Waals surface area contributed by atoms with Crippen molar-refractivity contribution in [2.24, 2.45) is 0 Å². The topological polar surface area (TPSA) is 53.2 Å². The number of rotatable bonds is 1. The van der Waals surface area contributed by atoms with E-state index in [1.165, 1.54) is 0 Å². The Kier molecular flexibility index (Phi) is 3.03. The van der Waals surface area contributed by atoms with E-state index >= 15 is 0 Å². The quantitative estimate of drug-likeness (QED) is 0.799. The minimum Gasteiger partial charge on any atom is -0.506 e. The smallest absolute Gasteiger partial charge is 0.292 e. The van der Waals surface area contributed by atoms with E-state index in [2.05, 4.69) is 31.9 Å². The van der Waals surface area contributed by atoms with E-state index in [4.69, 9.17) is 10.00 Å². The largest absolute Gasteiger partial charge is 0.506 e. The van der Waals surface area contributed by atoms with Gasteiger partial charge in [0.1, 0.15) is 5.75 Å². The first-order chi connectivity index (χ1) is 7.66. The maximum Gasteiger partial charge on any atom is 0.292 e. The summed E-state index contributed by atoms with van der Waals surface area (Å²) >= 11 is 6.50. The average molecular weight is 343 g/mol. The monoisotopic (exact) mass is 341 g/mol. The highest BCUT2D eigenvalue weighted by Crippen LogP contribution is 2.45. The van der Waals surface area contributed by atoms with Crippen LogP contribution < -0.4 is 4.74 Å². The van der Waals surface area contributed by atoms with Gasteiger partial charge in [-0.15, -0.1) is 5.26 Å². The Morgan fingerprint density at radius 3 is 2.38 bits per heavy atom. The minimum atomic E-state index is 0.118. The molecule has 0 aromatic heterocycles. The molecule has 3 nitrogen and oxygen atoms in total. The van der Waals surface area contributed by atoms with E-state index in [-0.39, 0.29) is 5.75 Å². The van der Waals surface area contributed by atoms with Crippen LogP contribution in [-0.4, -0.2) is 5.11 Å². The van der Waals surface area contributed by atoms with Crippen LogP contribution in [0, 0.1) is 11.5 Å². The van der Waals surface area contributed by atoms with Crippen molar-refractivity contribution >= 4 is 42.6 Å². The van der Waals surface area contributed by atoms with Crippen molar-refractivity contribution in [1.29, 1.82) is 5.26 Å². The van der Waals surface area contributed by atoms with Gasteiger partial charge in [0.25, 0.3) is 6.26 Å². The summed E-state index contributed by atoms with van der Waals surface area (Å²) in [4.78, 5) is 0. The molecule has 0 aliphatic rings. The maximum absolute atomic E-state index is 9.92. The number of halogens is 2. The van der Waals surface area contributed by atoms with Crippen LogP contribution >= 0.6 is 31.9 Å². The van der Waals surface area contributed by atoms with Crippen molar-refractivity contribution in [3.05, 3.63) is 33.2 Å². The molecule has 0 saturated heterocycles. The molecule has 0 heterocycles. The van der Waals surface area contributed by atoms with Gasteiger partial charge in [0.2, 0.25) is 0 Å². The molecule has 0 bridgehead atoms. The first-order valence-electron chi connectivity index (χ1n) is 4.31. The third-order valence-electron chi connectivity index (χ3n) is 2.17. The molecule has 1 N–H and O–H groups in total. The average Bonchev–Trinajstić information content (AvgIpc) is 2.32. The highest BCUT2D eigenvalue weighted by atomic mass is 79.9. The predicted octanol–water partition coefficient (Wildman–Crippen LogP) is 3.93. The summed E-state index contributed by atoms with van der Waals surface area (Å²) in [5.74, 6) is 0.510. The van der Waals surface area contributed by atoms with Gasteiger partial charge in [0.05, 0.1) is 8.95 Å². The molecule has 0 unspecified atom stereocenters. The normalized spacial score (nSPS) is 10.1. The fraction of sp³-hybridized carbons (Fsp3) is 0. The molecule has 2 aromatic rings. The molecular formula is C11H5Br2NO2. The predicted molar refractivity (Wildman–Crippen MR) is 67.3 cm³/mol. The number of benzene rings is 2. The second-order valence-electron chi connectivity index (χ2n) is 3.04. The molecule has 2 rings (SSSR count). The number of phenols is 1. The molecule has 0 saturated carbocycles. The van der Waals surface area contributed by atoms with Gasteiger partial charge in [-0.1, -0.05) is 24.3 Å². The zero-order valence-electron chi connectivity index (χ0n) is 7.87. The Morgan fingerprint density at radius 2 is 1.75 bits per heavy atom. The van der Waals surface area contributed by atoms with Crippen molar-refractivity contribution < 1.29 is 9.84 Å². The highest BCUT2D eigenvalue weighted by Gasteiger charge is 2.16. The zero-order valence-corrected chi connectivity index (χ0v) is 11.0. The van der Waals surface area contributed by atoms with Gasteiger partial charge in [-0.25, -0.2) is 0 Å². The number of hydrogen-bond acceptors (Lipinski definition) is 3. The van der Waals surface area contributed by atoms with E-state index in [1.54, 1.807) is 24.5 Å². The Morgan fingerprint density at radius 1 is 1.12 bits per heavy atom. The zero-order chi connectivity index (χ0) is 11.7. The van der Waals surface area contributed by atoms with Crippen LogP contribution in [0.5, 0.6) is 11.5 Å². The molecule has 0 atom stereocenters. The van der Waals surface area contributed by atoms with Gasteiger partial charge < -0.3 is 9.84 Å². The molecular weight excluding hydrogens is 338 g/mol. The van der Waals surface area contributed by atoms with Gasteiger partial charge in [-0.05, 0) is 31.9 Å². The lowest BCUT2D eigenvalue weighted by Gasteiger charge is -2.10. The second kappa shape index (κ2) is 4.32. The summed E-state index contributed by atoms with van der Waals surface area (Å²) < 4.78 is 5.89. The van der Waals surface area contributed by atoms with E-state index in [9.17, 15) is 5.11 Å². The number of hydrogen-bond donors (Lipinski definition) is 1. The van der Waals surface area contributed by atoms with E-state index in [0.717, 1.165) is 0 Å².